The predicted molar refractivity (Wildman–Crippen MR) is 122 cm³/mol. The summed E-state index contributed by atoms with van der Waals surface area (Å²) in [6.45, 7) is 8.49. The molecule has 0 saturated carbocycles. The van der Waals surface area contributed by atoms with Crippen LogP contribution >= 0.6 is 0 Å². The molecule has 172 valence electrons. The summed E-state index contributed by atoms with van der Waals surface area (Å²) >= 11 is 0. The van der Waals surface area contributed by atoms with Crippen molar-refractivity contribution >= 4 is 35.8 Å². The van der Waals surface area contributed by atoms with Gasteiger partial charge in [0, 0.05) is 11.9 Å². The van der Waals surface area contributed by atoms with Crippen molar-refractivity contribution in [3.63, 3.8) is 0 Å². The average Bonchev–Trinajstić information content (AvgIpc) is 2.67. The van der Waals surface area contributed by atoms with Crippen molar-refractivity contribution in [1.82, 2.24) is 0 Å². The third kappa shape index (κ3) is 23.9. The van der Waals surface area contributed by atoms with Gasteiger partial charge in [0.25, 0.3) is 0 Å². The van der Waals surface area contributed by atoms with Crippen molar-refractivity contribution < 1.29 is 19.8 Å². The Kier molecular flexibility index (Phi) is 29.7. The average molecular weight is 519 g/mol. The topological polar surface area (TPSA) is 80.3 Å². The van der Waals surface area contributed by atoms with Crippen LogP contribution in [-0.2, 0) is 9.59 Å². The second-order valence-electron chi connectivity index (χ2n) is 8.02. The molecule has 0 bridgehead atoms. The number of carbonyl (C=O) groups is 2. The summed E-state index contributed by atoms with van der Waals surface area (Å²) in [5.41, 5.74) is 0. The van der Waals surface area contributed by atoms with Crippen molar-refractivity contribution in [2.24, 2.45) is 11.8 Å². The van der Waals surface area contributed by atoms with Crippen LogP contribution in [0.15, 0.2) is 0 Å². The predicted octanol–water partition coefficient (Wildman–Crippen LogP) is 4.11. The van der Waals surface area contributed by atoms with Gasteiger partial charge in [-0.1, -0.05) is 105 Å². The first-order valence-corrected chi connectivity index (χ1v) is 11.9. The van der Waals surface area contributed by atoms with E-state index in [0.29, 0.717) is 0 Å². The van der Waals surface area contributed by atoms with Crippen molar-refractivity contribution in [1.29, 1.82) is 0 Å². The second-order valence-corrected chi connectivity index (χ2v) is 8.02. The molecular weight excluding hydrogens is 471 g/mol. The van der Waals surface area contributed by atoms with Crippen LogP contribution in [0.4, 0.5) is 0 Å². The Balaban J connectivity index is -0.000000451. The molecule has 0 aromatic rings. The molecule has 5 heteroatoms. The Morgan fingerprint density at radius 3 is 1.03 bits per heavy atom. The first-order chi connectivity index (χ1) is 13.4. The molecule has 2 unspecified atom stereocenters. The molecule has 0 radical (unpaired) electrons. The summed E-state index contributed by atoms with van der Waals surface area (Å²) in [5.74, 6) is -2.11. The standard InChI is InChI=1S/2C12H24O2.Sn.2H/c2*1-3-5-7-8-10-11(12(13)14)9-6-4-2;;;/h2*11H,3-10H2,1-2H3,(H,13,14);;;/q;;+2;;/p-2. The van der Waals surface area contributed by atoms with E-state index in [9.17, 15) is 19.8 Å². The van der Waals surface area contributed by atoms with Gasteiger partial charge >= 0.3 is 23.9 Å². The second kappa shape index (κ2) is 25.8. The van der Waals surface area contributed by atoms with Crippen molar-refractivity contribution in [3.8, 4) is 0 Å². The van der Waals surface area contributed by atoms with Crippen LogP contribution in [0, 0.1) is 11.8 Å². The monoisotopic (exact) mass is 520 g/mol. The molecule has 0 saturated heterocycles. The maximum atomic E-state index is 10.8. The molecule has 0 spiro atoms. The van der Waals surface area contributed by atoms with Gasteiger partial charge in [-0.15, -0.1) is 0 Å². The van der Waals surface area contributed by atoms with Crippen molar-refractivity contribution in [2.45, 2.75) is 130 Å². The Labute approximate surface area is 197 Å². The number of carbonyl (C=O) groups excluding carboxylic acids is 2. The zero-order chi connectivity index (χ0) is 21.6. The number of rotatable bonds is 18. The molecule has 0 aliphatic rings. The summed E-state index contributed by atoms with van der Waals surface area (Å²) < 4.78 is 0. The van der Waals surface area contributed by atoms with Gasteiger partial charge in [-0.3, -0.25) is 0 Å². The number of hydrogen-bond acceptors (Lipinski definition) is 4. The molecule has 2 atom stereocenters. The Morgan fingerprint density at radius 1 is 0.517 bits per heavy atom. The third-order valence-corrected chi connectivity index (χ3v) is 5.29. The normalized spacial score (nSPS) is 12.3. The van der Waals surface area contributed by atoms with E-state index < -0.39 is 11.9 Å². The van der Waals surface area contributed by atoms with Crippen LogP contribution in [0.5, 0.6) is 0 Å². The van der Waals surface area contributed by atoms with Crippen LogP contribution in [0.3, 0.4) is 0 Å². The summed E-state index contributed by atoms with van der Waals surface area (Å²) in [7, 11) is 0. The van der Waals surface area contributed by atoms with Crippen LogP contribution in [-0.4, -0.2) is 35.8 Å². The summed E-state index contributed by atoms with van der Waals surface area (Å²) in [4.78, 5) is 21.5. The van der Waals surface area contributed by atoms with Crippen LogP contribution in [0.25, 0.3) is 0 Å². The van der Waals surface area contributed by atoms with Gasteiger partial charge in [0.15, 0.2) is 0 Å². The molecule has 0 heterocycles. The molecular formula is C24H48O4Sn. The Morgan fingerprint density at radius 2 is 0.793 bits per heavy atom. The number of unbranched alkanes of at least 4 members (excludes halogenated alkanes) is 8. The van der Waals surface area contributed by atoms with Crippen LogP contribution in [0.2, 0.25) is 0 Å². The fourth-order valence-electron chi connectivity index (χ4n) is 3.30. The Bertz CT molecular complexity index is 327. The van der Waals surface area contributed by atoms with E-state index in [4.69, 9.17) is 0 Å². The quantitative estimate of drug-likeness (QED) is 0.202. The van der Waals surface area contributed by atoms with Gasteiger partial charge in [-0.05, 0) is 37.5 Å². The molecule has 0 aliphatic heterocycles. The third-order valence-electron chi connectivity index (χ3n) is 5.29. The van der Waals surface area contributed by atoms with E-state index in [-0.39, 0.29) is 35.7 Å². The van der Waals surface area contributed by atoms with Crippen molar-refractivity contribution in [3.05, 3.63) is 0 Å². The fraction of sp³-hybridized carbons (Fsp3) is 0.917. The van der Waals surface area contributed by atoms with Gasteiger partial charge in [-0.2, -0.15) is 0 Å². The summed E-state index contributed by atoms with van der Waals surface area (Å²) in [6, 6.07) is 0. The van der Waals surface area contributed by atoms with Crippen LogP contribution < -0.4 is 10.2 Å². The number of carboxylic acids is 2. The van der Waals surface area contributed by atoms with Gasteiger partial charge in [0.2, 0.25) is 0 Å². The molecule has 29 heavy (non-hydrogen) atoms. The van der Waals surface area contributed by atoms with E-state index in [2.05, 4.69) is 27.7 Å². The minimum absolute atomic E-state index is 0. The number of aliphatic carboxylic acids is 2. The van der Waals surface area contributed by atoms with Crippen LogP contribution in [0.1, 0.15) is 130 Å². The SMILES string of the molecule is CCCCCCC(CCCC)C(=O)[O-].CCCCCCC(CCCC)C(=O)[O-].[SnH2+2]. The molecule has 4 nitrogen and oxygen atoms in total. The van der Waals surface area contributed by atoms with Gasteiger partial charge < -0.3 is 19.8 Å². The fourth-order valence-corrected chi connectivity index (χ4v) is 3.30. The molecule has 0 amide bonds. The van der Waals surface area contributed by atoms with E-state index >= 15 is 0 Å². The van der Waals surface area contributed by atoms with Gasteiger partial charge in [0.05, 0.1) is 0 Å². The molecule has 0 aromatic carbocycles. The zero-order valence-corrected chi connectivity index (χ0v) is 23.8. The van der Waals surface area contributed by atoms with E-state index in [0.717, 1.165) is 77.0 Å². The first kappa shape index (κ1) is 33.4. The van der Waals surface area contributed by atoms with Crippen molar-refractivity contribution in [2.75, 3.05) is 0 Å². The summed E-state index contributed by atoms with van der Waals surface area (Å²) in [6.07, 6.45) is 16.6. The summed E-state index contributed by atoms with van der Waals surface area (Å²) in [5, 5.41) is 21.5. The number of hydrogen-bond donors (Lipinski definition) is 0. The zero-order valence-electron chi connectivity index (χ0n) is 19.8. The molecule has 0 aromatic heterocycles. The van der Waals surface area contributed by atoms with Gasteiger partial charge in [-0.25, -0.2) is 0 Å². The first-order valence-electron chi connectivity index (χ1n) is 11.9. The Hall–Kier alpha value is -0.261. The van der Waals surface area contributed by atoms with E-state index in [1.54, 1.807) is 0 Å². The molecule has 0 aliphatic carbocycles. The maximum absolute atomic E-state index is 10.8. The minimum atomic E-state index is -0.852. The molecule has 0 N–H and O–H groups in total. The molecule has 0 fully saturated rings. The van der Waals surface area contributed by atoms with E-state index in [1.807, 2.05) is 0 Å². The van der Waals surface area contributed by atoms with Gasteiger partial charge in [0.1, 0.15) is 0 Å². The van der Waals surface area contributed by atoms with E-state index in [1.165, 1.54) is 25.7 Å². The number of carboxylic acid groups (broad SMARTS) is 2. The molecule has 0 rings (SSSR count).